The molecule has 0 saturated carbocycles. The Hall–Kier alpha value is -0.630. The zero-order valence-corrected chi connectivity index (χ0v) is 11.8. The highest BCUT2D eigenvalue weighted by Gasteiger charge is 2.26. The molecule has 0 fully saturated rings. The summed E-state index contributed by atoms with van der Waals surface area (Å²) < 4.78 is 26.3. The molecule has 0 aliphatic carbocycles. The molecule has 0 aromatic heterocycles. The molecule has 0 aliphatic heterocycles. The second kappa shape index (κ2) is 5.13. The van der Waals surface area contributed by atoms with Crippen molar-refractivity contribution in [1.82, 2.24) is 0 Å². The van der Waals surface area contributed by atoms with Gasteiger partial charge in [-0.2, -0.15) is 0 Å². The largest absolute Gasteiger partial charge is 0.497 e. The smallest absolute Gasteiger partial charge is 0.190 e. The minimum absolute atomic E-state index is 0.366. The van der Waals surface area contributed by atoms with Gasteiger partial charge in [-0.15, -0.1) is 0 Å². The van der Waals surface area contributed by atoms with E-state index in [-0.39, 0.29) is 0 Å². The fraction of sp³-hybridized carbons (Fsp3) is 0.300. The van der Waals surface area contributed by atoms with Gasteiger partial charge in [0.15, 0.2) is 18.9 Å². The lowest BCUT2D eigenvalue weighted by Crippen LogP contribution is -2.23. The first-order valence-corrected chi connectivity index (χ1v) is 7.57. The molecule has 0 heterocycles. The molecule has 0 unspecified atom stereocenters. The molecule has 0 saturated heterocycles. The van der Waals surface area contributed by atoms with Gasteiger partial charge >= 0.3 is 0 Å². The minimum atomic E-state index is -3.36. The van der Waals surface area contributed by atoms with Crippen molar-refractivity contribution in [3.63, 3.8) is 0 Å². The number of sulfone groups is 1. The highest BCUT2D eigenvalue weighted by atomic mass is 127. The summed E-state index contributed by atoms with van der Waals surface area (Å²) in [5, 5.41) is 0. The minimum Gasteiger partial charge on any atom is -0.497 e. The average molecular weight is 354 g/mol. The number of carbonyl (C=O) groups is 1. The molecule has 6 heteroatoms. The predicted octanol–water partition coefficient (Wildman–Crippen LogP) is 1.68. The molecular formula is C10H11IO4S. The summed E-state index contributed by atoms with van der Waals surface area (Å²) in [6.45, 7) is 0. The summed E-state index contributed by atoms with van der Waals surface area (Å²) in [5.74, 6) is 0.215. The van der Waals surface area contributed by atoms with Crippen LogP contribution in [0, 0.1) is 0 Å². The van der Waals surface area contributed by atoms with Crippen molar-refractivity contribution >= 4 is 38.2 Å². The summed E-state index contributed by atoms with van der Waals surface area (Å²) >= 11 is 1.63. The van der Waals surface area contributed by atoms with E-state index >= 15 is 0 Å². The number of rotatable bonds is 4. The molecule has 0 radical (unpaired) electrons. The zero-order valence-electron chi connectivity index (χ0n) is 8.81. The molecule has 0 N–H and O–H groups in total. The number of Topliss-reactive ketones (excluding diaryl/α,β-unsaturated/α-hetero) is 1. The van der Waals surface area contributed by atoms with Crippen LogP contribution in [-0.4, -0.2) is 30.8 Å². The standard InChI is InChI=1S/C10H11IO4S/c1-15-8-5-3-7(4-6-8)9(12)10(11)16(2,13)14/h3-6,10H,1-2H3/t10-/m0/s1. The van der Waals surface area contributed by atoms with Crippen molar-refractivity contribution in [3.8, 4) is 5.75 Å². The van der Waals surface area contributed by atoms with Gasteiger partial charge in [0.1, 0.15) is 5.75 Å². The van der Waals surface area contributed by atoms with Gasteiger partial charge in [0.05, 0.1) is 7.11 Å². The molecule has 0 aliphatic rings. The van der Waals surface area contributed by atoms with E-state index in [1.807, 2.05) is 0 Å². The first-order chi connectivity index (χ1) is 7.36. The van der Waals surface area contributed by atoms with Crippen LogP contribution in [0.1, 0.15) is 10.4 Å². The first-order valence-electron chi connectivity index (χ1n) is 4.37. The van der Waals surface area contributed by atoms with E-state index in [2.05, 4.69) is 0 Å². The van der Waals surface area contributed by atoms with E-state index in [1.54, 1.807) is 46.9 Å². The van der Waals surface area contributed by atoms with Crippen LogP contribution in [0.3, 0.4) is 0 Å². The third kappa shape index (κ3) is 3.18. The summed E-state index contributed by atoms with van der Waals surface area (Å²) in [7, 11) is -1.84. The molecule has 16 heavy (non-hydrogen) atoms. The van der Waals surface area contributed by atoms with Gasteiger partial charge in [0.25, 0.3) is 0 Å². The van der Waals surface area contributed by atoms with E-state index in [4.69, 9.17) is 4.74 Å². The highest BCUT2D eigenvalue weighted by molar-refractivity contribution is 14.1. The van der Waals surface area contributed by atoms with E-state index in [0.717, 1.165) is 6.26 Å². The molecule has 1 aromatic rings. The SMILES string of the molecule is COc1ccc(C(=O)[C@@H](I)S(C)(=O)=O)cc1. The van der Waals surface area contributed by atoms with E-state index < -0.39 is 18.9 Å². The first kappa shape index (κ1) is 13.4. The predicted molar refractivity (Wildman–Crippen MR) is 70.0 cm³/mol. The normalized spacial score (nSPS) is 13.2. The number of ketones is 1. The molecule has 1 aromatic carbocycles. The van der Waals surface area contributed by atoms with E-state index in [0.29, 0.717) is 11.3 Å². The Kier molecular flexibility index (Phi) is 4.31. The second-order valence-corrected chi connectivity index (χ2v) is 7.46. The molecule has 0 bridgehead atoms. The molecule has 0 spiro atoms. The maximum atomic E-state index is 11.8. The Morgan fingerprint density at radius 3 is 2.19 bits per heavy atom. The van der Waals surface area contributed by atoms with Gasteiger partial charge in [-0.05, 0) is 24.3 Å². The van der Waals surface area contributed by atoms with Crippen LogP contribution < -0.4 is 4.74 Å². The maximum absolute atomic E-state index is 11.8. The van der Waals surface area contributed by atoms with Crippen LogP contribution >= 0.6 is 22.6 Å². The lowest BCUT2D eigenvalue weighted by molar-refractivity contribution is 0.101. The summed E-state index contributed by atoms with van der Waals surface area (Å²) in [4.78, 5) is 11.8. The van der Waals surface area contributed by atoms with Crippen molar-refractivity contribution in [3.05, 3.63) is 29.8 Å². The zero-order chi connectivity index (χ0) is 12.3. The fourth-order valence-corrected chi connectivity index (χ4v) is 1.97. The molecular weight excluding hydrogens is 343 g/mol. The van der Waals surface area contributed by atoms with Crippen molar-refractivity contribution in [2.24, 2.45) is 0 Å². The van der Waals surface area contributed by atoms with Gasteiger partial charge in [0.2, 0.25) is 0 Å². The van der Waals surface area contributed by atoms with E-state index in [9.17, 15) is 13.2 Å². The summed E-state index contributed by atoms with van der Waals surface area (Å²) in [6.07, 6.45) is 1.05. The van der Waals surface area contributed by atoms with E-state index in [1.165, 1.54) is 7.11 Å². The Bertz CT molecular complexity index is 478. The third-order valence-electron chi connectivity index (χ3n) is 1.96. The van der Waals surface area contributed by atoms with Gasteiger partial charge in [-0.25, -0.2) is 8.42 Å². The lowest BCUT2D eigenvalue weighted by atomic mass is 10.1. The van der Waals surface area contributed by atoms with Crippen molar-refractivity contribution in [2.45, 2.75) is 3.26 Å². The second-order valence-electron chi connectivity index (χ2n) is 3.24. The van der Waals surface area contributed by atoms with Crippen LogP contribution in [0.5, 0.6) is 5.75 Å². The Morgan fingerprint density at radius 2 is 1.81 bits per heavy atom. The number of benzene rings is 1. The maximum Gasteiger partial charge on any atom is 0.190 e. The average Bonchev–Trinajstić information content (AvgIpc) is 2.26. The Labute approximate surface area is 108 Å². The number of hydrogen-bond donors (Lipinski definition) is 0. The third-order valence-corrected chi connectivity index (χ3v) is 6.26. The van der Waals surface area contributed by atoms with Gasteiger partial charge < -0.3 is 4.74 Å². The van der Waals surface area contributed by atoms with Crippen molar-refractivity contribution < 1.29 is 17.9 Å². The van der Waals surface area contributed by atoms with Gasteiger partial charge in [-0.3, -0.25) is 4.79 Å². The topological polar surface area (TPSA) is 60.4 Å². The number of ether oxygens (including phenoxy) is 1. The molecule has 88 valence electrons. The van der Waals surface area contributed by atoms with Gasteiger partial charge in [0, 0.05) is 11.8 Å². The Morgan fingerprint density at radius 1 is 1.31 bits per heavy atom. The van der Waals surface area contributed by atoms with Crippen LogP contribution in [0.15, 0.2) is 24.3 Å². The highest BCUT2D eigenvalue weighted by Crippen LogP contribution is 2.18. The summed E-state index contributed by atoms with van der Waals surface area (Å²) in [6, 6.07) is 6.35. The number of carbonyl (C=O) groups excluding carboxylic acids is 1. The number of hydrogen-bond acceptors (Lipinski definition) is 4. The van der Waals surface area contributed by atoms with Crippen molar-refractivity contribution in [2.75, 3.05) is 13.4 Å². The number of alkyl halides is 1. The van der Waals surface area contributed by atoms with Crippen LogP contribution in [0.4, 0.5) is 0 Å². The lowest BCUT2D eigenvalue weighted by Gasteiger charge is -2.07. The quantitative estimate of drug-likeness (QED) is 0.469. The van der Waals surface area contributed by atoms with Crippen LogP contribution in [-0.2, 0) is 9.84 Å². The summed E-state index contributed by atoms with van der Waals surface area (Å²) in [5.41, 5.74) is 0.366. The monoisotopic (exact) mass is 354 g/mol. The van der Waals surface area contributed by atoms with Crippen molar-refractivity contribution in [1.29, 1.82) is 0 Å². The van der Waals surface area contributed by atoms with Crippen LogP contribution in [0.25, 0.3) is 0 Å². The molecule has 0 amide bonds. The fourth-order valence-electron chi connectivity index (χ4n) is 1.08. The molecule has 4 nitrogen and oxygen atoms in total. The number of methoxy groups -OCH3 is 1. The van der Waals surface area contributed by atoms with Crippen LogP contribution in [0.2, 0.25) is 0 Å². The molecule has 1 rings (SSSR count). The Balaban J connectivity index is 2.97. The molecule has 1 atom stereocenters. The number of halogens is 1. The van der Waals surface area contributed by atoms with Gasteiger partial charge in [-0.1, -0.05) is 22.6 Å².